The summed E-state index contributed by atoms with van der Waals surface area (Å²) in [6.07, 6.45) is 5.17. The predicted molar refractivity (Wildman–Crippen MR) is 77.8 cm³/mol. The van der Waals surface area contributed by atoms with E-state index in [9.17, 15) is 0 Å². The molecule has 1 aromatic heterocycles. The van der Waals surface area contributed by atoms with Crippen molar-refractivity contribution in [2.24, 2.45) is 0 Å². The summed E-state index contributed by atoms with van der Waals surface area (Å²) in [5.41, 5.74) is 1.47. The van der Waals surface area contributed by atoms with Crippen LogP contribution in [0.15, 0.2) is 29.6 Å². The van der Waals surface area contributed by atoms with Crippen molar-refractivity contribution in [2.75, 3.05) is 7.05 Å². The highest BCUT2D eigenvalue weighted by Crippen LogP contribution is 2.31. The van der Waals surface area contributed by atoms with Gasteiger partial charge < -0.3 is 5.32 Å². The molecule has 0 bridgehead atoms. The molecule has 17 heavy (non-hydrogen) atoms. The largest absolute Gasteiger partial charge is 0.313 e. The predicted octanol–water partition coefficient (Wildman–Crippen LogP) is 4.74. The van der Waals surface area contributed by atoms with Crippen LogP contribution in [0, 0.1) is 0 Å². The SMILES string of the molecule is CCCCCC(NC)c1cccc2ccsc12. The van der Waals surface area contributed by atoms with Gasteiger partial charge in [-0.3, -0.25) is 0 Å². The molecule has 1 heterocycles. The molecule has 1 nitrogen and oxygen atoms in total. The van der Waals surface area contributed by atoms with Crippen molar-refractivity contribution in [3.63, 3.8) is 0 Å². The van der Waals surface area contributed by atoms with Gasteiger partial charge in [0.2, 0.25) is 0 Å². The molecule has 2 heteroatoms. The van der Waals surface area contributed by atoms with Gasteiger partial charge in [0.25, 0.3) is 0 Å². The molecule has 1 aromatic carbocycles. The first kappa shape index (κ1) is 12.6. The van der Waals surface area contributed by atoms with Crippen LogP contribution in [-0.2, 0) is 0 Å². The number of nitrogens with one attached hydrogen (secondary N) is 1. The second kappa shape index (κ2) is 6.18. The molecule has 92 valence electrons. The van der Waals surface area contributed by atoms with Crippen LogP contribution in [0.5, 0.6) is 0 Å². The van der Waals surface area contributed by atoms with E-state index in [0.717, 1.165) is 0 Å². The number of hydrogen-bond acceptors (Lipinski definition) is 2. The van der Waals surface area contributed by atoms with E-state index in [4.69, 9.17) is 0 Å². The minimum Gasteiger partial charge on any atom is -0.313 e. The molecule has 0 aliphatic heterocycles. The van der Waals surface area contributed by atoms with Gasteiger partial charge in [0.05, 0.1) is 0 Å². The van der Waals surface area contributed by atoms with Gasteiger partial charge in [-0.25, -0.2) is 0 Å². The smallest absolute Gasteiger partial charge is 0.0390 e. The molecule has 0 saturated carbocycles. The second-order valence-electron chi connectivity index (χ2n) is 4.52. The molecule has 1 N–H and O–H groups in total. The van der Waals surface area contributed by atoms with Crippen LogP contribution in [0.25, 0.3) is 10.1 Å². The van der Waals surface area contributed by atoms with E-state index < -0.39 is 0 Å². The Morgan fingerprint density at radius 3 is 2.88 bits per heavy atom. The Morgan fingerprint density at radius 1 is 1.24 bits per heavy atom. The lowest BCUT2D eigenvalue weighted by molar-refractivity contribution is 0.515. The van der Waals surface area contributed by atoms with Gasteiger partial charge in [0.15, 0.2) is 0 Å². The fourth-order valence-corrected chi connectivity index (χ4v) is 3.31. The number of fused-ring (bicyclic) bond motifs is 1. The lowest BCUT2D eigenvalue weighted by atomic mass is 9.99. The highest BCUT2D eigenvalue weighted by molar-refractivity contribution is 7.17. The van der Waals surface area contributed by atoms with Gasteiger partial charge in [0, 0.05) is 10.7 Å². The number of unbranched alkanes of at least 4 members (excludes halogenated alkanes) is 2. The third-order valence-corrected chi connectivity index (χ3v) is 4.31. The van der Waals surface area contributed by atoms with E-state index in [1.807, 2.05) is 11.3 Å². The maximum Gasteiger partial charge on any atom is 0.0390 e. The van der Waals surface area contributed by atoms with Crippen molar-refractivity contribution in [2.45, 2.75) is 38.6 Å². The summed E-state index contributed by atoms with van der Waals surface area (Å²) < 4.78 is 1.45. The molecule has 0 fully saturated rings. The molecule has 1 unspecified atom stereocenters. The van der Waals surface area contributed by atoms with E-state index in [2.05, 4.69) is 48.9 Å². The third-order valence-electron chi connectivity index (χ3n) is 3.33. The summed E-state index contributed by atoms with van der Waals surface area (Å²) in [5.74, 6) is 0. The molecule has 0 aliphatic carbocycles. The van der Waals surface area contributed by atoms with E-state index in [1.165, 1.54) is 41.3 Å². The fourth-order valence-electron chi connectivity index (χ4n) is 2.34. The van der Waals surface area contributed by atoms with Crippen LogP contribution in [0.3, 0.4) is 0 Å². The zero-order valence-corrected chi connectivity index (χ0v) is 11.5. The summed E-state index contributed by atoms with van der Waals surface area (Å²) in [7, 11) is 2.07. The van der Waals surface area contributed by atoms with Crippen LogP contribution in [-0.4, -0.2) is 7.05 Å². The summed E-state index contributed by atoms with van der Waals surface area (Å²) in [5, 5.41) is 7.03. The van der Waals surface area contributed by atoms with Crippen molar-refractivity contribution in [1.82, 2.24) is 5.32 Å². The molecule has 0 spiro atoms. The Hall–Kier alpha value is -0.860. The Morgan fingerprint density at radius 2 is 2.12 bits per heavy atom. The lowest BCUT2D eigenvalue weighted by Crippen LogP contribution is -2.16. The standard InChI is InChI=1S/C15H21NS/c1-3-4-5-9-14(16-2)13-8-6-7-12-10-11-17-15(12)13/h6-8,10-11,14,16H,3-5,9H2,1-2H3. The minimum atomic E-state index is 0.504. The first-order valence-corrected chi connectivity index (χ1v) is 7.38. The summed E-state index contributed by atoms with van der Waals surface area (Å²) in [6.45, 7) is 2.26. The van der Waals surface area contributed by atoms with E-state index in [0.29, 0.717) is 6.04 Å². The maximum absolute atomic E-state index is 3.47. The first-order valence-electron chi connectivity index (χ1n) is 6.50. The molecule has 2 rings (SSSR count). The topological polar surface area (TPSA) is 12.0 Å². The third kappa shape index (κ3) is 2.88. The lowest BCUT2D eigenvalue weighted by Gasteiger charge is -2.17. The van der Waals surface area contributed by atoms with Gasteiger partial charge in [-0.15, -0.1) is 11.3 Å². The highest BCUT2D eigenvalue weighted by atomic mass is 32.1. The number of benzene rings is 1. The summed E-state index contributed by atoms with van der Waals surface area (Å²) in [6, 6.07) is 9.36. The molecular formula is C15H21NS. The van der Waals surface area contributed by atoms with Crippen LogP contribution < -0.4 is 5.32 Å². The summed E-state index contributed by atoms with van der Waals surface area (Å²) >= 11 is 1.86. The summed E-state index contributed by atoms with van der Waals surface area (Å²) in [4.78, 5) is 0. The Bertz CT molecular complexity index is 461. The van der Waals surface area contributed by atoms with E-state index in [-0.39, 0.29) is 0 Å². The van der Waals surface area contributed by atoms with Crippen molar-refractivity contribution >= 4 is 21.4 Å². The quantitative estimate of drug-likeness (QED) is 0.727. The van der Waals surface area contributed by atoms with E-state index >= 15 is 0 Å². The Balaban J connectivity index is 2.20. The molecular weight excluding hydrogens is 226 g/mol. The number of rotatable bonds is 6. The molecule has 0 aliphatic rings. The molecule has 1 atom stereocenters. The van der Waals surface area contributed by atoms with Crippen molar-refractivity contribution in [3.05, 3.63) is 35.2 Å². The van der Waals surface area contributed by atoms with Crippen LogP contribution in [0.2, 0.25) is 0 Å². The normalized spacial score (nSPS) is 13.1. The second-order valence-corrected chi connectivity index (χ2v) is 5.44. The molecule has 0 saturated heterocycles. The molecule has 2 aromatic rings. The van der Waals surface area contributed by atoms with Gasteiger partial charge in [-0.05, 0) is 35.9 Å². The number of thiophene rings is 1. The van der Waals surface area contributed by atoms with Crippen LogP contribution in [0.1, 0.15) is 44.2 Å². The molecule has 0 amide bonds. The zero-order chi connectivity index (χ0) is 12.1. The Kier molecular flexibility index (Phi) is 4.57. The molecule has 0 radical (unpaired) electrons. The van der Waals surface area contributed by atoms with Crippen molar-refractivity contribution < 1.29 is 0 Å². The highest BCUT2D eigenvalue weighted by Gasteiger charge is 2.12. The van der Waals surface area contributed by atoms with E-state index in [1.54, 1.807) is 0 Å². The number of hydrogen-bond donors (Lipinski definition) is 1. The Labute approximate surface area is 108 Å². The average Bonchev–Trinajstić information content (AvgIpc) is 2.83. The van der Waals surface area contributed by atoms with Gasteiger partial charge in [-0.1, -0.05) is 44.4 Å². The minimum absolute atomic E-state index is 0.504. The fraction of sp³-hybridized carbons (Fsp3) is 0.467. The van der Waals surface area contributed by atoms with Gasteiger partial charge in [0.1, 0.15) is 0 Å². The monoisotopic (exact) mass is 247 g/mol. The first-order chi connectivity index (χ1) is 8.36. The van der Waals surface area contributed by atoms with Gasteiger partial charge >= 0.3 is 0 Å². The van der Waals surface area contributed by atoms with Crippen molar-refractivity contribution in [3.8, 4) is 0 Å². The van der Waals surface area contributed by atoms with Gasteiger partial charge in [-0.2, -0.15) is 0 Å². The van der Waals surface area contributed by atoms with Crippen molar-refractivity contribution in [1.29, 1.82) is 0 Å². The van der Waals surface area contributed by atoms with Crippen LogP contribution in [0.4, 0.5) is 0 Å². The average molecular weight is 247 g/mol. The van der Waals surface area contributed by atoms with Crippen LogP contribution >= 0.6 is 11.3 Å². The zero-order valence-electron chi connectivity index (χ0n) is 10.7. The maximum atomic E-state index is 3.47.